The van der Waals surface area contributed by atoms with E-state index in [0.29, 0.717) is 11.8 Å². The molecule has 2 rings (SSSR count). The summed E-state index contributed by atoms with van der Waals surface area (Å²) in [5.74, 6) is 1.57. The van der Waals surface area contributed by atoms with Crippen LogP contribution >= 0.6 is 11.6 Å². The summed E-state index contributed by atoms with van der Waals surface area (Å²) >= 11 is 6.41. The van der Waals surface area contributed by atoms with Gasteiger partial charge in [-0.1, -0.05) is 57.0 Å². The highest BCUT2D eigenvalue weighted by atomic mass is 35.5. The van der Waals surface area contributed by atoms with Crippen LogP contribution in [0.3, 0.4) is 0 Å². The molecule has 108 valence electrons. The SMILES string of the molecule is CCCC(CCC)c1nnc(C(Cl)c2ccccc2)o1. The lowest BCUT2D eigenvalue weighted by Crippen LogP contribution is -1.98. The van der Waals surface area contributed by atoms with Gasteiger partial charge < -0.3 is 4.42 Å². The number of rotatable bonds is 7. The first-order valence-electron chi connectivity index (χ1n) is 7.28. The van der Waals surface area contributed by atoms with E-state index in [9.17, 15) is 0 Å². The molecule has 20 heavy (non-hydrogen) atoms. The molecule has 1 aromatic heterocycles. The van der Waals surface area contributed by atoms with Gasteiger partial charge in [-0.2, -0.15) is 0 Å². The topological polar surface area (TPSA) is 38.9 Å². The molecule has 0 saturated carbocycles. The van der Waals surface area contributed by atoms with Gasteiger partial charge >= 0.3 is 0 Å². The Hall–Kier alpha value is -1.35. The van der Waals surface area contributed by atoms with Crippen molar-refractivity contribution in [1.29, 1.82) is 0 Å². The van der Waals surface area contributed by atoms with E-state index in [1.807, 2.05) is 30.3 Å². The summed E-state index contributed by atoms with van der Waals surface area (Å²) in [6, 6.07) is 9.82. The van der Waals surface area contributed by atoms with E-state index in [0.717, 1.165) is 37.1 Å². The summed E-state index contributed by atoms with van der Waals surface area (Å²) in [5, 5.41) is 7.95. The van der Waals surface area contributed by atoms with E-state index >= 15 is 0 Å². The average molecular weight is 293 g/mol. The molecule has 4 heteroatoms. The molecule has 0 aliphatic carbocycles. The minimum Gasteiger partial charge on any atom is -0.423 e. The molecule has 1 aromatic carbocycles. The zero-order valence-electron chi connectivity index (χ0n) is 12.1. The fraction of sp³-hybridized carbons (Fsp3) is 0.500. The lowest BCUT2D eigenvalue weighted by molar-refractivity contribution is 0.391. The van der Waals surface area contributed by atoms with Gasteiger partial charge in [-0.05, 0) is 18.4 Å². The van der Waals surface area contributed by atoms with Crippen LogP contribution in [-0.2, 0) is 0 Å². The maximum atomic E-state index is 6.41. The number of benzene rings is 1. The summed E-state index contributed by atoms with van der Waals surface area (Å²) in [6.45, 7) is 4.35. The minimum atomic E-state index is -0.374. The third-order valence-corrected chi connectivity index (χ3v) is 3.83. The molecule has 0 amide bonds. The number of nitrogens with zero attached hydrogens (tertiary/aromatic N) is 2. The van der Waals surface area contributed by atoms with E-state index in [1.165, 1.54) is 0 Å². The maximum Gasteiger partial charge on any atom is 0.238 e. The highest BCUT2D eigenvalue weighted by molar-refractivity contribution is 6.22. The summed E-state index contributed by atoms with van der Waals surface area (Å²) < 4.78 is 5.81. The van der Waals surface area contributed by atoms with Gasteiger partial charge in [0.05, 0.1) is 0 Å². The van der Waals surface area contributed by atoms with Crippen molar-refractivity contribution in [2.24, 2.45) is 0 Å². The largest absolute Gasteiger partial charge is 0.423 e. The van der Waals surface area contributed by atoms with Crippen molar-refractivity contribution in [2.45, 2.75) is 50.8 Å². The van der Waals surface area contributed by atoms with Crippen LogP contribution in [-0.4, -0.2) is 10.2 Å². The van der Waals surface area contributed by atoms with Crippen molar-refractivity contribution >= 4 is 11.6 Å². The Bertz CT molecular complexity index is 506. The van der Waals surface area contributed by atoms with Crippen LogP contribution in [0.1, 0.15) is 68.2 Å². The molecule has 0 radical (unpaired) electrons. The Balaban J connectivity index is 2.15. The van der Waals surface area contributed by atoms with Crippen molar-refractivity contribution < 1.29 is 4.42 Å². The van der Waals surface area contributed by atoms with E-state index in [2.05, 4.69) is 24.0 Å². The number of hydrogen-bond acceptors (Lipinski definition) is 3. The minimum absolute atomic E-state index is 0.353. The summed E-state index contributed by atoms with van der Waals surface area (Å²) in [5.41, 5.74) is 0.979. The number of alkyl halides is 1. The highest BCUT2D eigenvalue weighted by Crippen LogP contribution is 2.31. The van der Waals surface area contributed by atoms with Gasteiger partial charge in [0.1, 0.15) is 5.38 Å². The molecule has 2 aromatic rings. The summed E-state index contributed by atoms with van der Waals surface area (Å²) in [6.07, 6.45) is 4.39. The predicted octanol–water partition coefficient (Wildman–Crippen LogP) is 5.08. The van der Waals surface area contributed by atoms with Gasteiger partial charge in [0.2, 0.25) is 11.8 Å². The third-order valence-electron chi connectivity index (χ3n) is 3.39. The lowest BCUT2D eigenvalue weighted by atomic mass is 9.98. The fourth-order valence-electron chi connectivity index (χ4n) is 2.37. The van der Waals surface area contributed by atoms with Gasteiger partial charge in [0.15, 0.2) is 0 Å². The van der Waals surface area contributed by atoms with E-state index in [4.69, 9.17) is 16.0 Å². The molecular formula is C16H21ClN2O. The van der Waals surface area contributed by atoms with Crippen LogP contribution in [0.2, 0.25) is 0 Å². The molecule has 0 aliphatic heterocycles. The first kappa shape index (κ1) is 15.0. The second-order valence-electron chi connectivity index (χ2n) is 5.03. The second kappa shape index (κ2) is 7.44. The molecule has 3 nitrogen and oxygen atoms in total. The van der Waals surface area contributed by atoms with Gasteiger partial charge in [-0.25, -0.2) is 0 Å². The Kier molecular flexibility index (Phi) is 5.60. The normalized spacial score (nSPS) is 12.8. The van der Waals surface area contributed by atoms with Gasteiger partial charge in [0.25, 0.3) is 0 Å². The lowest BCUT2D eigenvalue weighted by Gasteiger charge is -2.10. The van der Waals surface area contributed by atoms with E-state index in [1.54, 1.807) is 0 Å². The maximum absolute atomic E-state index is 6.41. The molecule has 0 bridgehead atoms. The molecule has 0 aliphatic rings. The molecule has 1 heterocycles. The van der Waals surface area contributed by atoms with Crippen molar-refractivity contribution in [3.63, 3.8) is 0 Å². The van der Waals surface area contributed by atoms with Crippen LogP contribution < -0.4 is 0 Å². The third kappa shape index (κ3) is 3.60. The Morgan fingerprint density at radius 2 is 1.60 bits per heavy atom. The number of aromatic nitrogens is 2. The Morgan fingerprint density at radius 1 is 1.00 bits per heavy atom. The molecule has 0 saturated heterocycles. The van der Waals surface area contributed by atoms with Gasteiger partial charge in [-0.3, -0.25) is 0 Å². The van der Waals surface area contributed by atoms with Gasteiger partial charge in [-0.15, -0.1) is 21.8 Å². The quantitative estimate of drug-likeness (QED) is 0.668. The monoisotopic (exact) mass is 292 g/mol. The fourth-order valence-corrected chi connectivity index (χ4v) is 2.60. The molecule has 0 spiro atoms. The standard InChI is InChI=1S/C16H21ClN2O/c1-3-8-13(9-4-2)15-18-19-16(20-15)14(17)12-10-6-5-7-11-12/h5-7,10-11,13-14H,3-4,8-9H2,1-2H3. The molecular weight excluding hydrogens is 272 g/mol. The van der Waals surface area contributed by atoms with Crippen LogP contribution in [0.25, 0.3) is 0 Å². The molecule has 1 unspecified atom stereocenters. The summed E-state index contributed by atoms with van der Waals surface area (Å²) in [7, 11) is 0. The number of halogens is 1. The number of hydrogen-bond donors (Lipinski definition) is 0. The Morgan fingerprint density at radius 3 is 2.20 bits per heavy atom. The first-order chi connectivity index (χ1) is 9.76. The van der Waals surface area contributed by atoms with Crippen LogP contribution in [0.5, 0.6) is 0 Å². The second-order valence-corrected chi connectivity index (χ2v) is 5.46. The van der Waals surface area contributed by atoms with E-state index in [-0.39, 0.29) is 5.38 Å². The van der Waals surface area contributed by atoms with Crippen LogP contribution in [0.15, 0.2) is 34.7 Å². The Labute approximate surface area is 125 Å². The zero-order chi connectivity index (χ0) is 14.4. The zero-order valence-corrected chi connectivity index (χ0v) is 12.8. The van der Waals surface area contributed by atoms with Crippen LogP contribution in [0, 0.1) is 0 Å². The molecule has 0 fully saturated rings. The van der Waals surface area contributed by atoms with E-state index < -0.39 is 0 Å². The predicted molar refractivity (Wildman–Crippen MR) is 81.0 cm³/mol. The average Bonchev–Trinajstić information content (AvgIpc) is 2.97. The van der Waals surface area contributed by atoms with Crippen molar-refractivity contribution in [2.75, 3.05) is 0 Å². The van der Waals surface area contributed by atoms with Crippen LogP contribution in [0.4, 0.5) is 0 Å². The van der Waals surface area contributed by atoms with Crippen molar-refractivity contribution in [3.8, 4) is 0 Å². The molecule has 0 N–H and O–H groups in total. The van der Waals surface area contributed by atoms with Gasteiger partial charge in [0, 0.05) is 5.92 Å². The van der Waals surface area contributed by atoms with Crippen molar-refractivity contribution in [1.82, 2.24) is 10.2 Å². The summed E-state index contributed by atoms with van der Waals surface area (Å²) in [4.78, 5) is 0. The smallest absolute Gasteiger partial charge is 0.238 e. The van der Waals surface area contributed by atoms with Crippen molar-refractivity contribution in [3.05, 3.63) is 47.7 Å². The first-order valence-corrected chi connectivity index (χ1v) is 7.72. The highest BCUT2D eigenvalue weighted by Gasteiger charge is 2.21. The molecule has 1 atom stereocenters.